The van der Waals surface area contributed by atoms with Crippen LogP contribution in [0.1, 0.15) is 72.2 Å². The molecule has 0 aliphatic carbocycles. The monoisotopic (exact) mass is 782 g/mol. The van der Waals surface area contributed by atoms with Crippen molar-refractivity contribution in [1.82, 2.24) is 10.2 Å². The van der Waals surface area contributed by atoms with E-state index in [4.69, 9.17) is 58.5 Å². The van der Waals surface area contributed by atoms with E-state index in [1.54, 1.807) is 72.8 Å². The number of nitriles is 1. The molecule has 276 valence electrons. The molecule has 1 amide bonds. The fraction of sp³-hybridized carbons (Fsp3) is 0.297. The molecule has 4 atom stereocenters. The number of halogens is 3. The van der Waals surface area contributed by atoms with Crippen LogP contribution >= 0.6 is 34.8 Å². The molecule has 0 bridgehead atoms. The number of amides is 1. The number of hydrogen-bond acceptors (Lipinski definition) is 11. The van der Waals surface area contributed by atoms with Crippen LogP contribution in [-0.4, -0.2) is 69.0 Å². The number of aryl methyl sites for hydroxylation is 3. The summed E-state index contributed by atoms with van der Waals surface area (Å²) in [4.78, 5) is 53.5. The molecular weight excluding hydrogens is 751 g/mol. The van der Waals surface area contributed by atoms with E-state index in [0.29, 0.717) is 0 Å². The van der Waals surface area contributed by atoms with Gasteiger partial charge in [0.05, 0.1) is 22.4 Å². The molecule has 3 aromatic carbocycles. The summed E-state index contributed by atoms with van der Waals surface area (Å²) in [6.45, 7) is 5.87. The number of benzene rings is 3. The number of carbonyl (C=O) groups excluding carboxylic acids is 4. The minimum absolute atomic E-state index is 0.0877. The molecule has 2 N–H and O–H groups in total. The molecule has 1 aromatic heterocycles. The van der Waals surface area contributed by atoms with Crippen molar-refractivity contribution in [2.75, 3.05) is 18.5 Å². The summed E-state index contributed by atoms with van der Waals surface area (Å²) in [6.07, 6.45) is -5.32. The Morgan fingerprint density at radius 2 is 1.36 bits per heavy atom. The maximum absolute atomic E-state index is 13.8. The smallest absolute Gasteiger partial charge is 0.411 e. The predicted molar refractivity (Wildman–Crippen MR) is 193 cm³/mol. The first-order valence-corrected chi connectivity index (χ1v) is 17.2. The fourth-order valence-electron chi connectivity index (χ4n) is 5.48. The lowest BCUT2D eigenvalue weighted by Gasteiger charge is -2.34. The number of rotatable bonds is 10. The van der Waals surface area contributed by atoms with E-state index < -0.39 is 64.9 Å². The van der Waals surface area contributed by atoms with Crippen LogP contribution in [0.15, 0.2) is 72.8 Å². The van der Waals surface area contributed by atoms with Gasteiger partial charge in [-0.3, -0.25) is 10.4 Å². The van der Waals surface area contributed by atoms with Crippen molar-refractivity contribution in [3.63, 3.8) is 0 Å². The summed E-state index contributed by atoms with van der Waals surface area (Å²) < 4.78 is 27.4. The summed E-state index contributed by atoms with van der Waals surface area (Å²) in [5, 5.41) is 18.9. The molecule has 16 heteroatoms. The molecular formula is C37H33Cl3N4O9. The van der Waals surface area contributed by atoms with Gasteiger partial charge in [-0.15, -0.1) is 0 Å². The van der Waals surface area contributed by atoms with E-state index in [0.717, 1.165) is 16.7 Å². The van der Waals surface area contributed by atoms with E-state index >= 15 is 0 Å². The Morgan fingerprint density at radius 1 is 0.849 bits per heavy atom. The highest BCUT2D eigenvalue weighted by Crippen LogP contribution is 2.48. The minimum Gasteiger partial charge on any atom is -0.459 e. The average molecular weight is 784 g/mol. The summed E-state index contributed by atoms with van der Waals surface area (Å²) in [5.41, 5.74) is 0.704. The van der Waals surface area contributed by atoms with E-state index in [-0.39, 0.29) is 33.8 Å². The Kier molecular flexibility index (Phi) is 12.0. The fourth-order valence-corrected chi connectivity index (χ4v) is 5.64. The number of anilines is 1. The first-order valence-electron chi connectivity index (χ1n) is 16.0. The van der Waals surface area contributed by atoms with Gasteiger partial charge in [-0.05, 0) is 64.1 Å². The summed E-state index contributed by atoms with van der Waals surface area (Å²) in [5.74, 6) is -2.33. The van der Waals surface area contributed by atoms with Gasteiger partial charge in [-0.2, -0.15) is 10.4 Å². The van der Waals surface area contributed by atoms with Crippen molar-refractivity contribution in [2.45, 2.75) is 55.4 Å². The molecule has 5 rings (SSSR count). The number of nitrogens with one attached hydrogen (secondary N) is 2. The second kappa shape index (κ2) is 16.3. The summed E-state index contributed by atoms with van der Waals surface area (Å²) in [7, 11) is 0. The van der Waals surface area contributed by atoms with Crippen LogP contribution in [0.3, 0.4) is 0 Å². The number of alkyl halides is 3. The molecule has 13 nitrogen and oxygen atoms in total. The highest BCUT2D eigenvalue weighted by Gasteiger charge is 2.61. The normalized spacial score (nSPS) is 19.5. The maximum Gasteiger partial charge on any atom is 0.411 e. The van der Waals surface area contributed by atoms with Crippen LogP contribution < -0.4 is 5.32 Å². The second-order valence-corrected chi connectivity index (χ2v) is 15.0. The Bertz CT molecular complexity index is 2020. The van der Waals surface area contributed by atoms with Crippen LogP contribution in [0.2, 0.25) is 0 Å². The SMILES string of the molecule is Cc1ccc(C(=O)OCC2OC(c3[nH]nc(C#N)c3NC(=O)OCC(Cl)(Cl)Cl)[C@](C)(OC(=O)c3ccc(C)cc3)[C@@H]2OC(=O)c2ccc(C)cc2)cc1. The van der Waals surface area contributed by atoms with Crippen molar-refractivity contribution >= 4 is 64.5 Å². The first-order chi connectivity index (χ1) is 25.1. The van der Waals surface area contributed by atoms with Crippen LogP contribution in [0, 0.1) is 32.1 Å². The summed E-state index contributed by atoms with van der Waals surface area (Å²) in [6, 6.07) is 21.6. The predicted octanol–water partition coefficient (Wildman–Crippen LogP) is 7.26. The topological polar surface area (TPSA) is 179 Å². The maximum atomic E-state index is 13.8. The van der Waals surface area contributed by atoms with Gasteiger partial charge >= 0.3 is 24.0 Å². The lowest BCUT2D eigenvalue weighted by atomic mass is 9.89. The lowest BCUT2D eigenvalue weighted by molar-refractivity contribution is -0.0895. The van der Waals surface area contributed by atoms with Gasteiger partial charge < -0.3 is 23.7 Å². The number of esters is 3. The molecule has 0 saturated carbocycles. The molecule has 2 heterocycles. The second-order valence-electron chi connectivity index (χ2n) is 12.4. The number of carbonyl (C=O) groups is 4. The standard InChI is InChI=1S/C37H33Cl3N4O9/c1-20-5-11-23(12-6-20)32(45)49-18-27-30(52-33(46)24-13-7-21(2)8-14-24)36(4,53-34(47)25-15-9-22(3)10-16-25)31(51-27)29-28(26(17-41)43-44-29)42-35(48)50-19-37(38,39)40/h5-16,27,30-31H,18-19H2,1-4H3,(H,42,48)(H,43,44)/t27?,30-,31?,36-/m1/s1. The largest absolute Gasteiger partial charge is 0.459 e. The van der Waals surface area contributed by atoms with E-state index in [1.165, 1.54) is 6.92 Å². The lowest BCUT2D eigenvalue weighted by Crippen LogP contribution is -2.49. The zero-order valence-corrected chi connectivity index (χ0v) is 31.0. The van der Waals surface area contributed by atoms with Crippen LogP contribution in [0.4, 0.5) is 10.5 Å². The third-order valence-corrected chi connectivity index (χ3v) is 8.60. The zero-order valence-electron chi connectivity index (χ0n) is 28.8. The van der Waals surface area contributed by atoms with Gasteiger partial charge in [0.25, 0.3) is 0 Å². The third kappa shape index (κ3) is 9.46. The molecule has 1 aliphatic heterocycles. The third-order valence-electron chi connectivity index (χ3n) is 8.28. The Morgan fingerprint density at radius 3 is 1.87 bits per heavy atom. The van der Waals surface area contributed by atoms with Crippen molar-refractivity contribution in [3.05, 3.63) is 118 Å². The Balaban J connectivity index is 1.57. The molecule has 1 aliphatic rings. The number of nitrogens with zero attached hydrogens (tertiary/aromatic N) is 2. The summed E-state index contributed by atoms with van der Waals surface area (Å²) >= 11 is 17.2. The molecule has 1 fully saturated rings. The first kappa shape index (κ1) is 39.1. The molecule has 4 aromatic rings. The highest BCUT2D eigenvalue weighted by atomic mass is 35.6. The molecule has 1 saturated heterocycles. The van der Waals surface area contributed by atoms with Crippen molar-refractivity contribution < 1.29 is 42.9 Å². The number of H-pyrrole nitrogens is 1. The van der Waals surface area contributed by atoms with Gasteiger partial charge in [-0.25, -0.2) is 19.2 Å². The number of aromatic nitrogens is 2. The zero-order chi connectivity index (χ0) is 38.5. The molecule has 0 radical (unpaired) electrons. The Hall–Kier alpha value is -5.13. The quantitative estimate of drug-likeness (QED) is 0.0939. The Labute approximate surface area is 319 Å². The highest BCUT2D eigenvalue weighted by molar-refractivity contribution is 6.67. The molecule has 2 unspecified atom stereocenters. The number of hydrogen-bond donors (Lipinski definition) is 2. The number of ether oxygens (including phenoxy) is 5. The van der Waals surface area contributed by atoms with Crippen LogP contribution in [0.5, 0.6) is 0 Å². The minimum atomic E-state index is -1.94. The van der Waals surface area contributed by atoms with Crippen LogP contribution in [-0.2, 0) is 23.7 Å². The van der Waals surface area contributed by atoms with Crippen molar-refractivity contribution in [2.24, 2.45) is 0 Å². The van der Waals surface area contributed by atoms with Crippen molar-refractivity contribution in [1.29, 1.82) is 5.26 Å². The van der Waals surface area contributed by atoms with E-state index in [2.05, 4.69) is 15.5 Å². The molecule has 0 spiro atoms. The van der Waals surface area contributed by atoms with Gasteiger partial charge in [0, 0.05) is 0 Å². The van der Waals surface area contributed by atoms with Gasteiger partial charge in [0.15, 0.2) is 17.4 Å². The van der Waals surface area contributed by atoms with Crippen LogP contribution in [0.25, 0.3) is 0 Å². The molecule has 53 heavy (non-hydrogen) atoms. The average Bonchev–Trinajstić information content (AvgIpc) is 3.63. The van der Waals surface area contributed by atoms with E-state index in [9.17, 15) is 24.4 Å². The van der Waals surface area contributed by atoms with E-state index in [1.807, 2.05) is 26.8 Å². The van der Waals surface area contributed by atoms with Gasteiger partial charge in [0.1, 0.15) is 37.2 Å². The van der Waals surface area contributed by atoms with Gasteiger partial charge in [0.2, 0.25) is 3.79 Å². The van der Waals surface area contributed by atoms with Gasteiger partial charge in [-0.1, -0.05) is 87.9 Å². The number of aromatic amines is 1. The van der Waals surface area contributed by atoms with Crippen molar-refractivity contribution in [3.8, 4) is 6.07 Å².